The molecule has 1 fully saturated rings. The molecule has 34 heavy (non-hydrogen) atoms. The zero-order valence-corrected chi connectivity index (χ0v) is 19.2. The maximum absolute atomic E-state index is 13.5. The molecular weight excluding hydrogens is 461 g/mol. The number of aryl methyl sites for hydroxylation is 1. The van der Waals surface area contributed by atoms with Gasteiger partial charge in [-0.1, -0.05) is 29.8 Å². The van der Waals surface area contributed by atoms with Crippen molar-refractivity contribution in [2.24, 2.45) is 5.73 Å². The molecule has 0 unspecified atom stereocenters. The van der Waals surface area contributed by atoms with Crippen LogP contribution in [0.15, 0.2) is 71.8 Å². The summed E-state index contributed by atoms with van der Waals surface area (Å²) >= 11 is 0. The highest BCUT2D eigenvalue weighted by Gasteiger charge is 2.53. The molecule has 1 atom stereocenters. The number of hydrogen-bond donors (Lipinski definition) is 2. The van der Waals surface area contributed by atoms with Crippen molar-refractivity contribution in [1.82, 2.24) is 9.29 Å². The first-order valence-electron chi connectivity index (χ1n) is 10.5. The van der Waals surface area contributed by atoms with Crippen LogP contribution in [-0.4, -0.2) is 47.9 Å². The second-order valence-corrected chi connectivity index (χ2v) is 10.3. The monoisotopic (exact) mass is 485 g/mol. The minimum Gasteiger partial charge on any atom is -0.480 e. The molecule has 10 heteroatoms. The topological polar surface area (TPSA) is 123 Å². The molecule has 0 radical (unpaired) electrons. The number of carboxylic acids is 1. The van der Waals surface area contributed by atoms with Gasteiger partial charge in [0.05, 0.1) is 29.9 Å². The van der Waals surface area contributed by atoms with Crippen molar-refractivity contribution in [3.63, 3.8) is 0 Å². The van der Waals surface area contributed by atoms with E-state index in [2.05, 4.69) is 4.98 Å². The second kappa shape index (κ2) is 9.13. The van der Waals surface area contributed by atoms with Crippen LogP contribution in [0.25, 0.3) is 0 Å². The molecule has 2 heterocycles. The number of sulfonamides is 1. The highest BCUT2D eigenvalue weighted by Crippen LogP contribution is 2.39. The van der Waals surface area contributed by atoms with Crippen LogP contribution in [0.5, 0.6) is 5.75 Å². The van der Waals surface area contributed by atoms with Crippen molar-refractivity contribution in [3.8, 4) is 5.75 Å². The Morgan fingerprint density at radius 3 is 2.53 bits per heavy atom. The minimum atomic E-state index is -3.90. The summed E-state index contributed by atoms with van der Waals surface area (Å²) < 4.78 is 47.5. The molecule has 3 N–H and O–H groups in total. The van der Waals surface area contributed by atoms with E-state index >= 15 is 0 Å². The van der Waals surface area contributed by atoms with Crippen LogP contribution in [0.1, 0.15) is 16.8 Å². The average molecular weight is 486 g/mol. The van der Waals surface area contributed by atoms with Crippen LogP contribution < -0.4 is 10.5 Å². The van der Waals surface area contributed by atoms with Crippen molar-refractivity contribution in [3.05, 3.63) is 89.5 Å². The van der Waals surface area contributed by atoms with Gasteiger partial charge in [-0.15, -0.1) is 0 Å². The number of benzene rings is 2. The van der Waals surface area contributed by atoms with E-state index in [1.54, 1.807) is 24.3 Å². The van der Waals surface area contributed by atoms with Gasteiger partial charge in [0, 0.05) is 0 Å². The van der Waals surface area contributed by atoms with Gasteiger partial charge in [0.15, 0.2) is 5.60 Å². The predicted octanol–water partition coefficient (Wildman–Crippen LogP) is 2.46. The molecule has 1 aromatic heterocycles. The fourth-order valence-corrected chi connectivity index (χ4v) is 5.38. The van der Waals surface area contributed by atoms with Crippen molar-refractivity contribution >= 4 is 16.0 Å². The Bertz CT molecular complexity index is 1290. The molecule has 178 valence electrons. The molecule has 4 rings (SSSR count). The fraction of sp³-hybridized carbons (Fsp3) is 0.250. The van der Waals surface area contributed by atoms with Gasteiger partial charge in [0.1, 0.15) is 17.6 Å². The normalized spacial score (nSPS) is 16.4. The number of pyridine rings is 1. The zero-order valence-electron chi connectivity index (χ0n) is 18.4. The maximum atomic E-state index is 13.5. The van der Waals surface area contributed by atoms with Gasteiger partial charge in [-0.05, 0) is 55.3 Å². The van der Waals surface area contributed by atoms with Crippen LogP contribution in [0, 0.1) is 12.7 Å². The Morgan fingerprint density at radius 1 is 1.21 bits per heavy atom. The number of hydrogen-bond acceptors (Lipinski definition) is 6. The van der Waals surface area contributed by atoms with Gasteiger partial charge in [-0.3, -0.25) is 9.78 Å². The molecule has 1 aliphatic rings. The number of carboxylic acid groups (broad SMARTS) is 1. The maximum Gasteiger partial charge on any atom is 0.320 e. The van der Waals surface area contributed by atoms with E-state index in [9.17, 15) is 17.6 Å². The predicted molar refractivity (Wildman–Crippen MR) is 122 cm³/mol. The Labute approximate surface area is 196 Å². The van der Waals surface area contributed by atoms with Gasteiger partial charge < -0.3 is 15.6 Å². The van der Waals surface area contributed by atoms with E-state index in [1.165, 1.54) is 28.6 Å². The lowest BCUT2D eigenvalue weighted by Crippen LogP contribution is -2.64. The molecule has 0 amide bonds. The van der Waals surface area contributed by atoms with Gasteiger partial charge in [0.25, 0.3) is 0 Å². The standard InChI is InChI=1S/C24H24FN3O5S/c1-16-5-8-19(9-6-16)33-24(22-10-7-18(25)13-27-22)14-28(15-24)34(31,32)20-4-2-3-17(11-20)12-21(26)23(29)30/h2-11,13,21H,12,14-15,26H2,1H3,(H,29,30)/t21-/m0/s1. The molecule has 0 bridgehead atoms. The number of ether oxygens (including phenoxy) is 1. The molecule has 8 nitrogen and oxygen atoms in total. The number of aromatic nitrogens is 1. The summed E-state index contributed by atoms with van der Waals surface area (Å²) in [6, 6.07) is 15.0. The van der Waals surface area contributed by atoms with Crippen molar-refractivity contribution in [2.45, 2.75) is 29.9 Å². The van der Waals surface area contributed by atoms with Crippen molar-refractivity contribution in [2.75, 3.05) is 13.1 Å². The summed E-state index contributed by atoms with van der Waals surface area (Å²) in [7, 11) is -3.90. The number of rotatable bonds is 8. The first-order valence-corrected chi connectivity index (χ1v) is 12.0. The quantitative estimate of drug-likeness (QED) is 0.502. The van der Waals surface area contributed by atoms with Crippen LogP contribution >= 0.6 is 0 Å². The summed E-state index contributed by atoms with van der Waals surface area (Å²) in [6.45, 7) is 1.89. The van der Waals surface area contributed by atoms with E-state index in [4.69, 9.17) is 15.6 Å². The van der Waals surface area contributed by atoms with Crippen molar-refractivity contribution < 1.29 is 27.4 Å². The van der Waals surface area contributed by atoms with Crippen LogP contribution in [0.4, 0.5) is 4.39 Å². The number of aliphatic carboxylic acids is 1. The van der Waals surface area contributed by atoms with Gasteiger partial charge in [-0.2, -0.15) is 4.31 Å². The van der Waals surface area contributed by atoms with Gasteiger partial charge in [-0.25, -0.2) is 12.8 Å². The average Bonchev–Trinajstić information content (AvgIpc) is 2.78. The Morgan fingerprint density at radius 2 is 1.91 bits per heavy atom. The Hall–Kier alpha value is -3.34. The molecule has 2 aromatic carbocycles. The smallest absolute Gasteiger partial charge is 0.320 e. The highest BCUT2D eigenvalue weighted by molar-refractivity contribution is 7.89. The molecule has 0 spiro atoms. The zero-order chi connectivity index (χ0) is 24.5. The third-order valence-electron chi connectivity index (χ3n) is 5.70. The molecule has 1 saturated heterocycles. The third kappa shape index (κ3) is 4.79. The molecular formula is C24H24FN3O5S. The molecule has 1 aliphatic heterocycles. The fourth-order valence-electron chi connectivity index (χ4n) is 3.77. The second-order valence-electron chi connectivity index (χ2n) is 8.34. The summed E-state index contributed by atoms with van der Waals surface area (Å²) in [4.78, 5) is 15.2. The van der Waals surface area contributed by atoms with Crippen LogP contribution in [0.3, 0.4) is 0 Å². The third-order valence-corrected chi connectivity index (χ3v) is 7.49. The minimum absolute atomic E-state index is 0.00132. The first-order chi connectivity index (χ1) is 16.1. The van der Waals surface area contributed by atoms with E-state index in [0.29, 0.717) is 17.0 Å². The summed E-state index contributed by atoms with van der Waals surface area (Å²) in [5.74, 6) is -1.13. The lowest BCUT2D eigenvalue weighted by Gasteiger charge is -2.48. The van der Waals surface area contributed by atoms with E-state index in [-0.39, 0.29) is 24.4 Å². The lowest BCUT2D eigenvalue weighted by atomic mass is 9.91. The number of halogens is 1. The van der Waals surface area contributed by atoms with Crippen molar-refractivity contribution in [1.29, 1.82) is 0 Å². The number of nitrogens with zero attached hydrogens (tertiary/aromatic N) is 2. The van der Waals surface area contributed by atoms with Crippen LogP contribution in [0.2, 0.25) is 0 Å². The van der Waals surface area contributed by atoms with Gasteiger partial charge in [0.2, 0.25) is 10.0 Å². The van der Waals surface area contributed by atoms with E-state index in [1.807, 2.05) is 19.1 Å². The molecule has 0 saturated carbocycles. The summed E-state index contributed by atoms with van der Waals surface area (Å²) in [6.07, 6.45) is 1.07. The molecule has 3 aromatic rings. The van der Waals surface area contributed by atoms with E-state index in [0.717, 1.165) is 11.8 Å². The Kier molecular flexibility index (Phi) is 6.39. The Balaban J connectivity index is 1.60. The SMILES string of the molecule is Cc1ccc(OC2(c3ccc(F)cn3)CN(S(=O)(=O)c3cccc(C[C@H](N)C(=O)O)c3)C2)cc1. The summed E-state index contributed by atoms with van der Waals surface area (Å²) in [5.41, 5.74) is 6.47. The first kappa shape index (κ1) is 23.8. The lowest BCUT2D eigenvalue weighted by molar-refractivity contribution is -0.138. The van der Waals surface area contributed by atoms with Gasteiger partial charge >= 0.3 is 5.97 Å². The number of carbonyl (C=O) groups is 1. The van der Waals surface area contributed by atoms with E-state index < -0.39 is 33.5 Å². The summed E-state index contributed by atoms with van der Waals surface area (Å²) in [5, 5.41) is 9.03. The molecule has 0 aliphatic carbocycles. The number of nitrogens with two attached hydrogens (primary N) is 1. The highest BCUT2D eigenvalue weighted by atomic mass is 32.2. The largest absolute Gasteiger partial charge is 0.480 e. The van der Waals surface area contributed by atoms with Crippen LogP contribution in [-0.2, 0) is 26.8 Å².